The minimum Gasteiger partial charge on any atom is -0.302 e. The van der Waals surface area contributed by atoms with Gasteiger partial charge in [0.2, 0.25) is 0 Å². The lowest BCUT2D eigenvalue weighted by molar-refractivity contribution is -0.582. The van der Waals surface area contributed by atoms with Gasteiger partial charge < -0.3 is 4.74 Å². The summed E-state index contributed by atoms with van der Waals surface area (Å²) < 4.78 is 4.91. The second-order valence-electron chi connectivity index (χ2n) is 2.32. The average molecular weight is 246 g/mol. The molecule has 0 fully saturated rings. The van der Waals surface area contributed by atoms with Crippen LogP contribution in [-0.4, -0.2) is 10.4 Å². The smallest absolute Gasteiger partial charge is 0.302 e. The first-order chi connectivity index (χ1) is 6.25. The fourth-order valence-electron chi connectivity index (χ4n) is 0.956. The van der Waals surface area contributed by atoms with E-state index < -0.39 is 11.2 Å². The van der Waals surface area contributed by atoms with Crippen LogP contribution in [0, 0.1) is 10.1 Å². The third-order valence-electron chi connectivity index (χ3n) is 1.50. The highest BCUT2D eigenvalue weighted by atomic mass is 79.9. The van der Waals surface area contributed by atoms with Crippen molar-refractivity contribution in [1.29, 1.82) is 0 Å². The van der Waals surface area contributed by atoms with Gasteiger partial charge in [0.05, 0.1) is 10.5 Å². The van der Waals surface area contributed by atoms with Crippen LogP contribution >= 0.6 is 15.9 Å². The van der Waals surface area contributed by atoms with Crippen molar-refractivity contribution < 1.29 is 9.66 Å². The first-order valence-corrected chi connectivity index (χ1v) is 4.74. The molecule has 0 heterocycles. The van der Waals surface area contributed by atoms with Crippen LogP contribution in [0.1, 0.15) is 11.8 Å². The Kier molecular flexibility index (Phi) is 3.85. The molecule has 0 saturated heterocycles. The van der Waals surface area contributed by atoms with Crippen molar-refractivity contribution in [3.63, 3.8) is 0 Å². The largest absolute Gasteiger partial charge is 0.342 e. The van der Waals surface area contributed by atoms with Gasteiger partial charge in [-0.1, -0.05) is 34.1 Å². The first-order valence-electron chi connectivity index (χ1n) is 3.61. The molecule has 0 amide bonds. The molecule has 1 atom stereocenters. The van der Waals surface area contributed by atoms with Gasteiger partial charge in [0.1, 0.15) is 5.52 Å². The Morgan fingerprint density at radius 3 is 2.54 bits per heavy atom. The Morgan fingerprint density at radius 1 is 1.46 bits per heavy atom. The number of hydrogen-bond acceptors (Lipinski definition) is 3. The van der Waals surface area contributed by atoms with Crippen LogP contribution in [0.2, 0.25) is 0 Å². The Hall–Kier alpha value is -0.940. The highest BCUT2D eigenvalue weighted by molar-refractivity contribution is 9.09. The molecule has 0 saturated carbocycles. The molecule has 0 N–H and O–H groups in total. The topological polar surface area (TPSA) is 52.4 Å². The third kappa shape index (κ3) is 2.78. The van der Waals surface area contributed by atoms with E-state index in [0.29, 0.717) is 5.56 Å². The Bertz CT molecular complexity index is 278. The zero-order chi connectivity index (χ0) is 9.68. The monoisotopic (exact) mass is 245 g/mol. The van der Waals surface area contributed by atoms with Gasteiger partial charge in [-0.2, -0.15) is 0 Å². The molecule has 0 bridgehead atoms. The molecule has 4 nitrogen and oxygen atoms in total. The van der Waals surface area contributed by atoms with Crippen LogP contribution < -0.4 is 0 Å². The van der Waals surface area contributed by atoms with Crippen molar-refractivity contribution >= 4 is 15.9 Å². The molecule has 1 aromatic carbocycles. The van der Waals surface area contributed by atoms with E-state index in [9.17, 15) is 10.1 Å². The van der Waals surface area contributed by atoms with Crippen LogP contribution in [0.3, 0.4) is 0 Å². The number of ether oxygens (including phenoxy) is 1. The summed E-state index contributed by atoms with van der Waals surface area (Å²) in [6.45, 7) is 0. The summed E-state index contributed by atoms with van der Waals surface area (Å²) in [5, 5.41) is 10.5. The van der Waals surface area contributed by atoms with E-state index in [4.69, 9.17) is 4.74 Å². The first kappa shape index (κ1) is 10.1. The Morgan fingerprint density at radius 2 is 2.08 bits per heavy atom. The van der Waals surface area contributed by atoms with Crippen LogP contribution in [0.4, 0.5) is 0 Å². The number of nitro groups is 1. The normalized spacial score (nSPS) is 12.4. The molecule has 0 spiro atoms. The molecule has 1 aromatic rings. The Labute approximate surface area is 83.8 Å². The van der Waals surface area contributed by atoms with Gasteiger partial charge in [0, 0.05) is 0 Å². The van der Waals surface area contributed by atoms with Gasteiger partial charge in [-0.05, 0) is 12.1 Å². The molecule has 0 aliphatic carbocycles. The van der Waals surface area contributed by atoms with Crippen molar-refractivity contribution in [3.8, 4) is 0 Å². The van der Waals surface area contributed by atoms with Crippen LogP contribution in [0.25, 0.3) is 0 Å². The zero-order valence-corrected chi connectivity index (χ0v) is 8.31. The maximum Gasteiger partial charge on any atom is 0.342 e. The predicted molar refractivity (Wildman–Crippen MR) is 51.1 cm³/mol. The lowest BCUT2D eigenvalue weighted by Crippen LogP contribution is -2.13. The summed E-state index contributed by atoms with van der Waals surface area (Å²) in [6, 6.07) is 8.60. The highest BCUT2D eigenvalue weighted by Gasteiger charge is 2.21. The molecule has 1 rings (SSSR count). The minimum absolute atomic E-state index is 0.146. The van der Waals surface area contributed by atoms with Crippen LogP contribution in [-0.2, 0) is 4.74 Å². The third-order valence-corrected chi connectivity index (χ3v) is 1.76. The second kappa shape index (κ2) is 4.94. The number of halogens is 1. The summed E-state index contributed by atoms with van der Waals surface area (Å²) in [5.41, 5.74) is 0.694. The number of benzene rings is 1. The molecule has 5 heteroatoms. The van der Waals surface area contributed by atoms with Gasteiger partial charge in [0.15, 0.2) is 0 Å². The zero-order valence-electron chi connectivity index (χ0n) is 6.72. The Balaban J connectivity index is 2.82. The average Bonchev–Trinajstić information content (AvgIpc) is 2.15. The standard InChI is InChI=1S/C8H8BrNO3/c9-6-13-8(10(11)12)7-4-2-1-3-5-7/h1-5,8H,6H2/t8-/m1/s1. The summed E-state index contributed by atoms with van der Waals surface area (Å²) in [4.78, 5) is 10.1. The maximum absolute atomic E-state index is 10.5. The van der Waals surface area contributed by atoms with E-state index >= 15 is 0 Å². The summed E-state index contributed by atoms with van der Waals surface area (Å²) >= 11 is 2.99. The second-order valence-corrected chi connectivity index (χ2v) is 2.78. The van der Waals surface area contributed by atoms with Crippen LogP contribution in [0.5, 0.6) is 0 Å². The summed E-state index contributed by atoms with van der Waals surface area (Å²) in [7, 11) is 0. The molecule has 70 valence electrons. The van der Waals surface area contributed by atoms with Gasteiger partial charge in [-0.15, -0.1) is 0 Å². The number of nitrogens with zero attached hydrogens (tertiary/aromatic N) is 1. The maximum atomic E-state index is 10.5. The van der Waals surface area contributed by atoms with E-state index in [-0.39, 0.29) is 5.52 Å². The lowest BCUT2D eigenvalue weighted by atomic mass is 10.2. The quantitative estimate of drug-likeness (QED) is 0.354. The molecule has 0 aliphatic rings. The molecule has 0 unspecified atom stereocenters. The molecular formula is C8H8BrNO3. The fraction of sp³-hybridized carbons (Fsp3) is 0.250. The number of rotatable bonds is 4. The molecular weight excluding hydrogens is 238 g/mol. The van der Waals surface area contributed by atoms with Crippen molar-refractivity contribution in [2.75, 3.05) is 5.52 Å². The number of alkyl halides is 1. The van der Waals surface area contributed by atoms with Gasteiger partial charge in [0.25, 0.3) is 0 Å². The molecule has 0 aliphatic heterocycles. The molecule has 0 aromatic heterocycles. The lowest BCUT2D eigenvalue weighted by Gasteiger charge is -2.07. The van der Waals surface area contributed by atoms with E-state index in [2.05, 4.69) is 15.9 Å². The predicted octanol–water partition coefficient (Wildman–Crippen LogP) is 2.33. The molecule has 0 radical (unpaired) electrons. The van der Waals surface area contributed by atoms with Gasteiger partial charge in [-0.25, -0.2) is 0 Å². The van der Waals surface area contributed by atoms with E-state index in [1.54, 1.807) is 30.3 Å². The van der Waals surface area contributed by atoms with Gasteiger partial charge >= 0.3 is 6.23 Å². The number of hydrogen-bond donors (Lipinski definition) is 0. The van der Waals surface area contributed by atoms with E-state index in [1.165, 1.54) is 0 Å². The highest BCUT2D eigenvalue weighted by Crippen LogP contribution is 2.17. The van der Waals surface area contributed by atoms with E-state index in [1.807, 2.05) is 0 Å². The summed E-state index contributed by atoms with van der Waals surface area (Å²) in [6.07, 6.45) is -1.08. The minimum atomic E-state index is -1.08. The molecule has 13 heavy (non-hydrogen) atoms. The van der Waals surface area contributed by atoms with Crippen LogP contribution in [0.15, 0.2) is 30.3 Å². The van der Waals surface area contributed by atoms with Gasteiger partial charge in [-0.3, -0.25) is 10.1 Å². The van der Waals surface area contributed by atoms with E-state index in [0.717, 1.165) is 0 Å². The van der Waals surface area contributed by atoms with Crippen molar-refractivity contribution in [3.05, 3.63) is 46.0 Å². The SMILES string of the molecule is O=[N+]([O-])[C@H](OCBr)c1ccccc1. The van der Waals surface area contributed by atoms with Crippen molar-refractivity contribution in [2.45, 2.75) is 6.23 Å². The van der Waals surface area contributed by atoms with Crippen molar-refractivity contribution in [2.24, 2.45) is 0 Å². The summed E-state index contributed by atoms with van der Waals surface area (Å²) in [5.74, 6) is 0. The van der Waals surface area contributed by atoms with Crippen molar-refractivity contribution in [1.82, 2.24) is 0 Å². The fourth-order valence-corrected chi connectivity index (χ4v) is 1.21.